The maximum atomic E-state index is 12.3. The highest BCUT2D eigenvalue weighted by Gasteiger charge is 2.38. The van der Waals surface area contributed by atoms with Crippen LogP contribution in [0.1, 0.15) is 40.5 Å². The van der Waals surface area contributed by atoms with Gasteiger partial charge in [0.2, 0.25) is 17.8 Å². The number of aliphatic hydroxyl groups excluding tert-OH is 2. The number of aliphatic hydroxyl groups is 2. The van der Waals surface area contributed by atoms with E-state index in [1.54, 1.807) is 0 Å². The first-order valence-corrected chi connectivity index (χ1v) is 8.78. The second-order valence-corrected chi connectivity index (χ2v) is 7.40. The molecule has 2 rings (SSSR count). The summed E-state index contributed by atoms with van der Waals surface area (Å²) in [4.78, 5) is 32.9. The summed E-state index contributed by atoms with van der Waals surface area (Å²) >= 11 is 0. The lowest BCUT2D eigenvalue weighted by Gasteiger charge is -2.32. The predicted octanol–water partition coefficient (Wildman–Crippen LogP) is 0.0469. The van der Waals surface area contributed by atoms with Crippen LogP contribution in [0.25, 0.3) is 0 Å². The number of hydrogen-bond donors (Lipinski definition) is 4. The number of amidine groups is 1. The van der Waals surface area contributed by atoms with E-state index in [2.05, 4.69) is 34.5 Å². The average molecular weight is 352 g/mol. The summed E-state index contributed by atoms with van der Waals surface area (Å²) in [6.07, 6.45) is -1.09. The zero-order chi connectivity index (χ0) is 18.7. The standard InChI is InChI=1S/C17H28N4O4/c1-8(2)9(3)5-13(23)19-17-20-15-12(16(25)21-17)6-11(7-18-15)14(24)10(4)22/h8-12,14,22,24H,5-7H2,1-4H3,(H2,18,19,20,21,23,25)/t9?,10-,11+,12?,14-/m0/s1. The zero-order valence-electron chi connectivity index (χ0n) is 15.2. The molecule has 4 N–H and O–H groups in total. The Hall–Kier alpha value is -1.80. The molecule has 5 atom stereocenters. The van der Waals surface area contributed by atoms with Crippen molar-refractivity contribution in [2.45, 2.75) is 52.7 Å². The molecule has 0 aromatic rings. The van der Waals surface area contributed by atoms with Gasteiger partial charge >= 0.3 is 0 Å². The van der Waals surface area contributed by atoms with Crippen molar-refractivity contribution >= 4 is 23.6 Å². The Bertz CT molecular complexity index is 585. The molecular weight excluding hydrogens is 324 g/mol. The summed E-state index contributed by atoms with van der Waals surface area (Å²) in [5.41, 5.74) is 0. The van der Waals surface area contributed by atoms with E-state index in [1.807, 2.05) is 6.92 Å². The quantitative estimate of drug-likeness (QED) is 0.558. The molecule has 0 aromatic heterocycles. The van der Waals surface area contributed by atoms with Crippen molar-refractivity contribution in [2.75, 3.05) is 6.54 Å². The van der Waals surface area contributed by atoms with Gasteiger partial charge in [0.1, 0.15) is 5.84 Å². The SMILES string of the molecule is CC(C)C(C)CC(=O)NC1=NC2=NC[C@H]([C@@H](O)[C@H](C)O)CC2C(=O)N1. The van der Waals surface area contributed by atoms with Crippen LogP contribution >= 0.6 is 0 Å². The van der Waals surface area contributed by atoms with E-state index in [4.69, 9.17) is 0 Å². The lowest BCUT2D eigenvalue weighted by Crippen LogP contribution is -2.53. The number of aliphatic imine (C=N–C) groups is 2. The lowest BCUT2D eigenvalue weighted by atomic mass is 9.84. The van der Waals surface area contributed by atoms with Crippen LogP contribution in [0, 0.1) is 23.7 Å². The molecule has 2 unspecified atom stereocenters. The van der Waals surface area contributed by atoms with Crippen LogP contribution in [-0.2, 0) is 9.59 Å². The van der Waals surface area contributed by atoms with Gasteiger partial charge in [0.05, 0.1) is 18.1 Å². The van der Waals surface area contributed by atoms with Gasteiger partial charge in [-0.1, -0.05) is 20.8 Å². The van der Waals surface area contributed by atoms with Gasteiger partial charge in [-0.05, 0) is 25.2 Å². The van der Waals surface area contributed by atoms with Crippen LogP contribution in [0.5, 0.6) is 0 Å². The fraction of sp³-hybridized carbons (Fsp3) is 0.765. The van der Waals surface area contributed by atoms with Crippen molar-refractivity contribution in [3.05, 3.63) is 0 Å². The number of rotatable bonds is 5. The molecule has 0 aliphatic carbocycles. The van der Waals surface area contributed by atoms with Crippen LogP contribution in [0.3, 0.4) is 0 Å². The summed E-state index contributed by atoms with van der Waals surface area (Å²) in [5, 5.41) is 24.7. The van der Waals surface area contributed by atoms with Crippen molar-refractivity contribution in [3.8, 4) is 0 Å². The number of hydrogen-bond acceptors (Lipinski definition) is 6. The molecule has 2 aliphatic heterocycles. The molecule has 0 spiro atoms. The third kappa shape index (κ3) is 4.85. The molecule has 0 saturated carbocycles. The molecule has 25 heavy (non-hydrogen) atoms. The molecule has 0 fully saturated rings. The molecule has 2 amide bonds. The minimum atomic E-state index is -0.930. The van der Waals surface area contributed by atoms with Gasteiger partial charge in [-0.15, -0.1) is 0 Å². The van der Waals surface area contributed by atoms with Gasteiger partial charge < -0.3 is 10.2 Å². The number of amides is 2. The van der Waals surface area contributed by atoms with E-state index in [1.165, 1.54) is 6.92 Å². The van der Waals surface area contributed by atoms with Gasteiger partial charge in [0, 0.05) is 18.9 Å². The first-order chi connectivity index (χ1) is 11.7. The highest BCUT2D eigenvalue weighted by atomic mass is 16.3. The van der Waals surface area contributed by atoms with Crippen molar-refractivity contribution < 1.29 is 19.8 Å². The van der Waals surface area contributed by atoms with Crippen LogP contribution in [0.4, 0.5) is 0 Å². The van der Waals surface area contributed by atoms with Crippen LogP contribution in [0.15, 0.2) is 9.98 Å². The Kier molecular flexibility index (Phi) is 6.29. The largest absolute Gasteiger partial charge is 0.391 e. The Morgan fingerprint density at radius 3 is 2.60 bits per heavy atom. The first kappa shape index (κ1) is 19.5. The molecule has 0 aromatic carbocycles. The molecule has 8 heteroatoms. The third-order valence-electron chi connectivity index (χ3n) is 5.00. The number of nitrogens with one attached hydrogen (secondary N) is 2. The zero-order valence-corrected chi connectivity index (χ0v) is 15.2. The predicted molar refractivity (Wildman–Crippen MR) is 93.9 cm³/mol. The van der Waals surface area contributed by atoms with Crippen molar-refractivity contribution in [2.24, 2.45) is 33.7 Å². The van der Waals surface area contributed by atoms with E-state index < -0.39 is 18.1 Å². The Morgan fingerprint density at radius 2 is 2.00 bits per heavy atom. The van der Waals surface area contributed by atoms with Crippen molar-refractivity contribution in [1.29, 1.82) is 0 Å². The minimum Gasteiger partial charge on any atom is -0.391 e. The van der Waals surface area contributed by atoms with Crippen LogP contribution in [0.2, 0.25) is 0 Å². The molecule has 0 radical (unpaired) electrons. The molecule has 0 bridgehead atoms. The summed E-state index contributed by atoms with van der Waals surface area (Å²) in [6, 6.07) is 0. The molecule has 140 valence electrons. The fourth-order valence-electron chi connectivity index (χ4n) is 2.90. The summed E-state index contributed by atoms with van der Waals surface area (Å²) in [5.74, 6) is -0.276. The second-order valence-electron chi connectivity index (χ2n) is 7.40. The van der Waals surface area contributed by atoms with E-state index >= 15 is 0 Å². The Labute approximate surface area is 147 Å². The topological polar surface area (TPSA) is 123 Å². The normalized spacial score (nSPS) is 26.8. The smallest absolute Gasteiger partial charge is 0.237 e. The minimum absolute atomic E-state index is 0.107. The molecule has 0 saturated heterocycles. The summed E-state index contributed by atoms with van der Waals surface area (Å²) < 4.78 is 0. The molecule has 8 nitrogen and oxygen atoms in total. The number of carbonyl (C=O) groups is 2. The Balaban J connectivity index is 2.04. The van der Waals surface area contributed by atoms with Gasteiger partial charge in [0.25, 0.3) is 0 Å². The van der Waals surface area contributed by atoms with Gasteiger partial charge in [-0.2, -0.15) is 4.99 Å². The molecular formula is C17H28N4O4. The fourth-order valence-corrected chi connectivity index (χ4v) is 2.90. The van der Waals surface area contributed by atoms with Gasteiger partial charge in [-0.25, -0.2) is 0 Å². The maximum absolute atomic E-state index is 12.3. The first-order valence-electron chi connectivity index (χ1n) is 8.78. The third-order valence-corrected chi connectivity index (χ3v) is 5.00. The highest BCUT2D eigenvalue weighted by molar-refractivity contribution is 6.19. The van der Waals surface area contributed by atoms with E-state index in [0.29, 0.717) is 31.1 Å². The number of nitrogens with zero attached hydrogens (tertiary/aromatic N) is 2. The number of guanidine groups is 1. The Morgan fingerprint density at radius 1 is 1.32 bits per heavy atom. The van der Waals surface area contributed by atoms with Crippen molar-refractivity contribution in [1.82, 2.24) is 10.6 Å². The maximum Gasteiger partial charge on any atom is 0.237 e. The van der Waals surface area contributed by atoms with Gasteiger partial charge in [-0.3, -0.25) is 25.2 Å². The summed E-state index contributed by atoms with van der Waals surface area (Å²) in [6.45, 7) is 7.91. The van der Waals surface area contributed by atoms with Gasteiger partial charge in [0.15, 0.2) is 0 Å². The summed E-state index contributed by atoms with van der Waals surface area (Å²) in [7, 11) is 0. The van der Waals surface area contributed by atoms with Crippen LogP contribution in [-0.4, -0.2) is 52.6 Å². The highest BCUT2D eigenvalue weighted by Crippen LogP contribution is 2.26. The van der Waals surface area contributed by atoms with E-state index in [-0.39, 0.29) is 29.6 Å². The van der Waals surface area contributed by atoms with E-state index in [0.717, 1.165) is 0 Å². The monoisotopic (exact) mass is 352 g/mol. The molecule has 2 heterocycles. The average Bonchev–Trinajstić information content (AvgIpc) is 2.53. The second kappa shape index (κ2) is 8.05. The number of carbonyl (C=O) groups excluding carboxylic acids is 2. The lowest BCUT2D eigenvalue weighted by molar-refractivity contribution is -0.123. The van der Waals surface area contributed by atoms with Crippen molar-refractivity contribution in [3.63, 3.8) is 0 Å². The van der Waals surface area contributed by atoms with Crippen LogP contribution < -0.4 is 10.6 Å². The molecule has 2 aliphatic rings. The van der Waals surface area contributed by atoms with E-state index in [9.17, 15) is 19.8 Å². The number of fused-ring (bicyclic) bond motifs is 1.